The van der Waals surface area contributed by atoms with Crippen molar-refractivity contribution in [2.24, 2.45) is 0 Å². The normalized spacial score (nSPS) is 20.4. The minimum Gasteiger partial charge on any atom is -0.479 e. The van der Waals surface area contributed by atoms with Crippen molar-refractivity contribution in [3.63, 3.8) is 0 Å². The zero-order chi connectivity index (χ0) is 10.2. The van der Waals surface area contributed by atoms with E-state index in [1.54, 1.807) is 6.20 Å². The largest absolute Gasteiger partial charge is 0.479 e. The van der Waals surface area contributed by atoms with E-state index in [-0.39, 0.29) is 0 Å². The summed E-state index contributed by atoms with van der Waals surface area (Å²) in [5, 5.41) is 8.96. The number of rotatable bonds is 4. The molecule has 1 atom stereocenters. The van der Waals surface area contributed by atoms with Gasteiger partial charge in [-0.3, -0.25) is 0 Å². The Labute approximate surface area is 80.7 Å². The fourth-order valence-electron chi connectivity index (χ4n) is 1.80. The van der Waals surface area contributed by atoms with Crippen LogP contribution in [-0.2, 0) is 14.9 Å². The molecule has 0 aromatic carbocycles. The zero-order valence-corrected chi connectivity index (χ0v) is 7.77. The van der Waals surface area contributed by atoms with Crippen molar-refractivity contribution >= 4 is 5.97 Å². The number of nitrogens with zero attached hydrogens (tertiary/aromatic N) is 1. The van der Waals surface area contributed by atoms with Crippen LogP contribution in [0.4, 0.5) is 0 Å². The van der Waals surface area contributed by atoms with Crippen LogP contribution < -0.4 is 0 Å². The monoisotopic (exact) mass is 197 g/mol. The van der Waals surface area contributed by atoms with E-state index in [0.717, 1.165) is 12.8 Å². The summed E-state index contributed by atoms with van der Waals surface area (Å²) in [6, 6.07) is 0. The molecule has 0 radical (unpaired) electrons. The van der Waals surface area contributed by atoms with Crippen molar-refractivity contribution in [1.29, 1.82) is 0 Å². The Morgan fingerprint density at radius 3 is 2.86 bits per heavy atom. The van der Waals surface area contributed by atoms with E-state index < -0.39 is 17.5 Å². The van der Waals surface area contributed by atoms with Gasteiger partial charge in [-0.1, -0.05) is 0 Å². The molecule has 1 aliphatic carbocycles. The number of ether oxygens (including phenoxy) is 1. The molecule has 5 nitrogen and oxygen atoms in total. The van der Waals surface area contributed by atoms with Gasteiger partial charge in [0.1, 0.15) is 5.76 Å². The van der Waals surface area contributed by atoms with E-state index in [1.165, 1.54) is 13.5 Å². The van der Waals surface area contributed by atoms with Gasteiger partial charge in [-0.25, -0.2) is 9.78 Å². The maximum atomic E-state index is 10.9. The van der Waals surface area contributed by atoms with Crippen LogP contribution >= 0.6 is 0 Å². The second kappa shape index (κ2) is 3.09. The smallest absolute Gasteiger partial charge is 0.333 e. The van der Waals surface area contributed by atoms with Gasteiger partial charge in [0.25, 0.3) is 0 Å². The molecule has 1 aromatic rings. The minimum atomic E-state index is -0.957. The van der Waals surface area contributed by atoms with Crippen molar-refractivity contribution in [1.82, 2.24) is 4.98 Å². The number of aromatic nitrogens is 1. The summed E-state index contributed by atoms with van der Waals surface area (Å²) in [5.41, 5.74) is -0.489. The quantitative estimate of drug-likeness (QED) is 0.773. The molecule has 1 fully saturated rings. The van der Waals surface area contributed by atoms with Gasteiger partial charge in [0.2, 0.25) is 0 Å². The van der Waals surface area contributed by atoms with Crippen molar-refractivity contribution < 1.29 is 19.1 Å². The molecule has 0 bridgehead atoms. The summed E-state index contributed by atoms with van der Waals surface area (Å²) in [7, 11) is 1.40. The molecular weight excluding hydrogens is 186 g/mol. The maximum Gasteiger partial charge on any atom is 0.333 e. The van der Waals surface area contributed by atoms with Gasteiger partial charge in [-0.2, -0.15) is 0 Å². The topological polar surface area (TPSA) is 72.6 Å². The third-order valence-corrected chi connectivity index (χ3v) is 2.67. The first-order chi connectivity index (χ1) is 6.70. The molecular formula is C9H11NO4. The third-order valence-electron chi connectivity index (χ3n) is 2.67. The molecule has 1 aliphatic rings. The maximum absolute atomic E-state index is 10.9. The molecule has 0 aliphatic heterocycles. The van der Waals surface area contributed by atoms with Crippen LogP contribution in [0.25, 0.3) is 0 Å². The van der Waals surface area contributed by atoms with E-state index in [1.807, 2.05) is 0 Å². The third kappa shape index (κ3) is 1.21. The second-order valence-corrected chi connectivity index (χ2v) is 3.48. The average Bonchev–Trinajstić information content (AvgIpc) is 2.76. The van der Waals surface area contributed by atoms with Gasteiger partial charge in [0.15, 0.2) is 12.5 Å². The molecule has 1 saturated carbocycles. The Morgan fingerprint density at radius 2 is 2.50 bits per heavy atom. The highest BCUT2D eigenvalue weighted by Gasteiger charge is 2.57. The van der Waals surface area contributed by atoms with E-state index >= 15 is 0 Å². The van der Waals surface area contributed by atoms with Crippen LogP contribution in [0.1, 0.15) is 18.6 Å². The first kappa shape index (κ1) is 9.21. The number of methoxy groups -OCH3 is 1. The molecule has 0 amide bonds. The number of carbonyl (C=O) groups is 1. The van der Waals surface area contributed by atoms with Crippen LogP contribution in [0.15, 0.2) is 17.0 Å². The lowest BCUT2D eigenvalue weighted by Gasteiger charge is -2.19. The fourth-order valence-corrected chi connectivity index (χ4v) is 1.80. The van der Waals surface area contributed by atoms with Crippen LogP contribution in [0, 0.1) is 0 Å². The predicted octanol–water partition coefficient (Wildman–Crippen LogP) is 0.806. The highest BCUT2D eigenvalue weighted by atomic mass is 16.5. The standard InChI is InChI=1S/C9H11NO4/c1-13-7(8(11)12)9(2-3-9)6-4-10-5-14-6/h4-5,7H,2-3H2,1H3,(H,11,12). The highest BCUT2D eigenvalue weighted by molar-refractivity contribution is 5.75. The Hall–Kier alpha value is -1.36. The SMILES string of the molecule is COC(C(=O)O)C1(c2cnco2)CC1. The van der Waals surface area contributed by atoms with Gasteiger partial charge in [-0.15, -0.1) is 0 Å². The lowest BCUT2D eigenvalue weighted by Crippen LogP contribution is -2.35. The molecule has 1 aromatic heterocycles. The van der Waals surface area contributed by atoms with Crippen molar-refractivity contribution in [2.75, 3.05) is 7.11 Å². The second-order valence-electron chi connectivity index (χ2n) is 3.48. The Kier molecular flexibility index (Phi) is 2.03. The molecule has 1 heterocycles. The Bertz CT molecular complexity index is 329. The number of carboxylic acids is 1. The van der Waals surface area contributed by atoms with E-state index in [9.17, 15) is 4.79 Å². The van der Waals surface area contributed by atoms with Gasteiger partial charge >= 0.3 is 5.97 Å². The summed E-state index contributed by atoms with van der Waals surface area (Å²) in [6.07, 6.45) is 3.57. The summed E-state index contributed by atoms with van der Waals surface area (Å²) in [5.74, 6) is -0.354. The number of hydrogen-bond acceptors (Lipinski definition) is 4. The van der Waals surface area contributed by atoms with Crippen LogP contribution in [0.3, 0.4) is 0 Å². The first-order valence-electron chi connectivity index (χ1n) is 4.35. The van der Waals surface area contributed by atoms with Gasteiger partial charge in [-0.05, 0) is 12.8 Å². The first-order valence-corrected chi connectivity index (χ1v) is 4.35. The lowest BCUT2D eigenvalue weighted by molar-refractivity contribution is -0.151. The molecule has 1 unspecified atom stereocenters. The summed E-state index contributed by atoms with van der Waals surface area (Å²) in [4.78, 5) is 14.7. The van der Waals surface area contributed by atoms with Crippen LogP contribution in [0.5, 0.6) is 0 Å². The molecule has 76 valence electrons. The number of hydrogen-bond donors (Lipinski definition) is 1. The number of aliphatic carboxylic acids is 1. The van der Waals surface area contributed by atoms with Crippen LogP contribution in [-0.4, -0.2) is 29.3 Å². The van der Waals surface area contributed by atoms with Crippen molar-refractivity contribution in [3.8, 4) is 0 Å². The number of oxazole rings is 1. The summed E-state index contributed by atoms with van der Waals surface area (Å²) >= 11 is 0. The summed E-state index contributed by atoms with van der Waals surface area (Å²) in [6.45, 7) is 0. The zero-order valence-electron chi connectivity index (χ0n) is 7.77. The molecule has 14 heavy (non-hydrogen) atoms. The minimum absolute atomic E-state index is 0.489. The molecule has 1 N–H and O–H groups in total. The summed E-state index contributed by atoms with van der Waals surface area (Å²) < 4.78 is 10.1. The lowest BCUT2D eigenvalue weighted by atomic mass is 9.96. The van der Waals surface area contributed by atoms with E-state index in [2.05, 4.69) is 4.98 Å². The Balaban J connectivity index is 2.28. The van der Waals surface area contributed by atoms with Crippen LogP contribution in [0.2, 0.25) is 0 Å². The van der Waals surface area contributed by atoms with E-state index in [4.69, 9.17) is 14.3 Å². The highest BCUT2D eigenvalue weighted by Crippen LogP contribution is 2.51. The van der Waals surface area contributed by atoms with Gasteiger partial charge in [0.05, 0.1) is 11.6 Å². The van der Waals surface area contributed by atoms with Crippen molar-refractivity contribution in [3.05, 3.63) is 18.4 Å². The molecule has 2 rings (SSSR count). The van der Waals surface area contributed by atoms with Gasteiger partial charge in [0, 0.05) is 7.11 Å². The predicted molar refractivity (Wildman–Crippen MR) is 45.8 cm³/mol. The molecule has 0 saturated heterocycles. The van der Waals surface area contributed by atoms with Gasteiger partial charge < -0.3 is 14.3 Å². The molecule has 5 heteroatoms. The fraction of sp³-hybridized carbons (Fsp3) is 0.556. The average molecular weight is 197 g/mol. The van der Waals surface area contributed by atoms with E-state index in [0.29, 0.717) is 5.76 Å². The number of carboxylic acid groups (broad SMARTS) is 1. The van der Waals surface area contributed by atoms with Crippen molar-refractivity contribution in [2.45, 2.75) is 24.4 Å². The Morgan fingerprint density at radius 1 is 1.79 bits per heavy atom. The molecule has 0 spiro atoms.